The highest BCUT2D eigenvalue weighted by molar-refractivity contribution is 7.52. The summed E-state index contributed by atoms with van der Waals surface area (Å²) in [5, 5.41) is 48.9. The molecule has 1 aliphatic heterocycles. The first-order valence-electron chi connectivity index (χ1n) is 11.4. The van der Waals surface area contributed by atoms with E-state index in [0.717, 1.165) is 25.7 Å². The van der Waals surface area contributed by atoms with Crippen molar-refractivity contribution in [3.8, 4) is 0 Å². The van der Waals surface area contributed by atoms with Gasteiger partial charge in [-0.2, -0.15) is 20.3 Å². The molecule has 37 heavy (non-hydrogen) atoms. The molecule has 0 amide bonds. The lowest BCUT2D eigenvalue weighted by molar-refractivity contribution is -0.114. The minimum absolute atomic E-state index is 0.0582. The maximum absolute atomic E-state index is 12.2. The Morgan fingerprint density at radius 3 is 2.68 bits per heavy atom. The molecule has 0 aromatic carbocycles. The van der Waals surface area contributed by atoms with Crippen LogP contribution in [0.3, 0.4) is 0 Å². The predicted octanol–water partition coefficient (Wildman–Crippen LogP) is -0.994. The maximum atomic E-state index is 12.2. The lowest BCUT2D eigenvalue weighted by Crippen LogP contribution is -2.40. The number of anilines is 1. The summed E-state index contributed by atoms with van der Waals surface area (Å²) in [6.45, 7) is -1.88. The summed E-state index contributed by atoms with van der Waals surface area (Å²) >= 11 is 6.15. The van der Waals surface area contributed by atoms with Gasteiger partial charge in [0.1, 0.15) is 24.1 Å². The van der Waals surface area contributed by atoms with Gasteiger partial charge in [0.15, 0.2) is 11.9 Å². The molecule has 0 spiro atoms. The van der Waals surface area contributed by atoms with Gasteiger partial charge in [0.05, 0.1) is 24.8 Å². The molecule has 0 bridgehead atoms. The molecular formula is C18H25ClN9O8P. The summed E-state index contributed by atoms with van der Waals surface area (Å²) in [4.78, 5) is 28.2. The average Bonchev–Trinajstić information content (AvgIpc) is 3.64. The number of rotatable bonds is 9. The monoisotopic (exact) mass is 561 g/mol. The molecule has 0 unspecified atom stereocenters. The second kappa shape index (κ2) is 10.1. The van der Waals surface area contributed by atoms with E-state index in [1.165, 1.54) is 10.9 Å². The van der Waals surface area contributed by atoms with Crippen molar-refractivity contribution in [2.75, 3.05) is 18.5 Å². The van der Waals surface area contributed by atoms with E-state index in [1.54, 1.807) is 0 Å². The summed E-state index contributed by atoms with van der Waals surface area (Å²) in [6, 6.07) is 0.231. The molecule has 19 heteroatoms. The van der Waals surface area contributed by atoms with Crippen molar-refractivity contribution in [1.82, 2.24) is 40.4 Å². The minimum atomic E-state index is -5.22. The SMILES string of the molecule is O=P(O)(O)[C@](CO)(OC[C@@H]1O[C@H](n2ncc3c(NC4CCCC4)nc(Cl)nc32)[C@H](O)[C@H]1O)c1nn[nH]n1. The fourth-order valence-electron chi connectivity index (χ4n) is 4.56. The molecule has 2 fully saturated rings. The van der Waals surface area contributed by atoms with Gasteiger partial charge in [-0.05, 0) is 24.4 Å². The van der Waals surface area contributed by atoms with Crippen molar-refractivity contribution in [3.63, 3.8) is 0 Å². The second-order valence-electron chi connectivity index (χ2n) is 8.87. The smallest absolute Gasteiger partial charge is 0.367 e. The average molecular weight is 562 g/mol. The predicted molar refractivity (Wildman–Crippen MR) is 123 cm³/mol. The molecule has 202 valence electrons. The number of nitrogens with one attached hydrogen (secondary N) is 2. The lowest BCUT2D eigenvalue weighted by Gasteiger charge is -2.30. The number of H-pyrrole nitrogens is 1. The van der Waals surface area contributed by atoms with Crippen molar-refractivity contribution in [1.29, 1.82) is 0 Å². The van der Waals surface area contributed by atoms with E-state index in [0.29, 0.717) is 11.2 Å². The highest BCUT2D eigenvalue weighted by atomic mass is 35.5. The Balaban J connectivity index is 1.39. The van der Waals surface area contributed by atoms with Gasteiger partial charge >= 0.3 is 7.60 Å². The molecule has 0 radical (unpaired) electrons. The number of tetrazole rings is 1. The summed E-state index contributed by atoms with van der Waals surface area (Å²) in [5.74, 6) is -0.116. The minimum Gasteiger partial charge on any atom is -0.392 e. The van der Waals surface area contributed by atoms with Crippen LogP contribution in [0, 0.1) is 0 Å². The van der Waals surface area contributed by atoms with Crippen molar-refractivity contribution < 1.29 is 39.1 Å². The number of ether oxygens (including phenoxy) is 2. The van der Waals surface area contributed by atoms with Crippen molar-refractivity contribution in [2.24, 2.45) is 0 Å². The molecule has 3 aromatic heterocycles. The Hall–Kier alpha value is -2.34. The Morgan fingerprint density at radius 2 is 2.03 bits per heavy atom. The summed E-state index contributed by atoms with van der Waals surface area (Å²) in [6.07, 6.45) is 0.0372. The van der Waals surface area contributed by atoms with Gasteiger partial charge in [0.2, 0.25) is 11.1 Å². The number of nitrogens with zero attached hydrogens (tertiary/aromatic N) is 7. The van der Waals surface area contributed by atoms with Crippen LogP contribution in [0.1, 0.15) is 37.7 Å². The van der Waals surface area contributed by atoms with E-state index in [2.05, 4.69) is 41.0 Å². The van der Waals surface area contributed by atoms with Gasteiger partial charge in [-0.3, -0.25) is 4.57 Å². The highest BCUT2D eigenvalue weighted by Crippen LogP contribution is 2.56. The van der Waals surface area contributed by atoms with Gasteiger partial charge < -0.3 is 39.9 Å². The zero-order valence-corrected chi connectivity index (χ0v) is 20.8. The largest absolute Gasteiger partial charge is 0.392 e. The number of aliphatic hydroxyl groups is 3. The van der Waals surface area contributed by atoms with Crippen LogP contribution in [0.25, 0.3) is 11.0 Å². The first-order valence-corrected chi connectivity index (χ1v) is 13.4. The first-order chi connectivity index (χ1) is 17.6. The molecule has 4 heterocycles. The zero-order valence-electron chi connectivity index (χ0n) is 19.1. The summed E-state index contributed by atoms with van der Waals surface area (Å²) < 4.78 is 24.6. The van der Waals surface area contributed by atoms with Gasteiger partial charge in [-0.1, -0.05) is 18.1 Å². The molecule has 1 saturated heterocycles. The van der Waals surface area contributed by atoms with Gasteiger partial charge in [0.25, 0.3) is 5.34 Å². The summed E-state index contributed by atoms with van der Waals surface area (Å²) in [5.41, 5.74) is 0.241. The molecule has 7 N–H and O–H groups in total. The molecule has 2 aliphatic rings. The van der Waals surface area contributed by atoms with Crippen LogP contribution in [0.5, 0.6) is 0 Å². The van der Waals surface area contributed by atoms with E-state index in [1.807, 2.05) is 0 Å². The Labute approximate surface area is 213 Å². The number of aliphatic hydroxyl groups excluding tert-OH is 3. The molecular weight excluding hydrogens is 537 g/mol. The fourth-order valence-corrected chi connectivity index (χ4v) is 5.51. The molecule has 1 aliphatic carbocycles. The van der Waals surface area contributed by atoms with Gasteiger partial charge in [-0.25, -0.2) is 4.68 Å². The third kappa shape index (κ3) is 4.71. The Bertz CT molecular complexity index is 1290. The first kappa shape index (κ1) is 26.3. The molecule has 5 rings (SSSR count). The van der Waals surface area contributed by atoms with E-state index in [9.17, 15) is 29.7 Å². The number of aromatic amines is 1. The second-order valence-corrected chi connectivity index (χ2v) is 11.0. The number of aromatic nitrogens is 8. The van der Waals surface area contributed by atoms with E-state index in [-0.39, 0.29) is 17.0 Å². The third-order valence-corrected chi connectivity index (χ3v) is 8.15. The van der Waals surface area contributed by atoms with Gasteiger partial charge in [0, 0.05) is 6.04 Å². The molecule has 5 atom stereocenters. The number of fused-ring (bicyclic) bond motifs is 1. The topological polar surface area (TPSA) is 247 Å². The molecule has 3 aromatic rings. The van der Waals surface area contributed by atoms with Crippen LogP contribution >= 0.6 is 19.2 Å². The van der Waals surface area contributed by atoms with Crippen LogP contribution in [0.15, 0.2) is 6.20 Å². The van der Waals surface area contributed by atoms with Gasteiger partial charge in [-0.15, -0.1) is 10.2 Å². The van der Waals surface area contributed by atoms with Crippen molar-refractivity contribution >= 4 is 36.0 Å². The van der Waals surface area contributed by atoms with Crippen LogP contribution < -0.4 is 5.32 Å². The standard InChI is InChI=1S/C18H25ClN9O8P/c19-17-22-13(21-8-3-1-2-4-8)9-5-20-28(14(9)23-17)15-12(31)11(30)10(36-15)6-35-18(7-29,37(32,33)34)16-24-26-27-25-16/h5,8,10-12,15,29-31H,1-4,6-7H2,(H,21,22,23)(H2,32,33,34)(H,24,25,26,27)/t10-,11-,12+,15-,18-/m0/s1. The number of hydrogen-bond acceptors (Lipinski definition) is 13. The summed E-state index contributed by atoms with van der Waals surface area (Å²) in [7, 11) is -5.22. The Kier molecular flexibility index (Phi) is 7.16. The van der Waals surface area contributed by atoms with Crippen LogP contribution in [-0.2, 0) is 19.4 Å². The number of halogens is 1. The normalized spacial score (nSPS) is 26.6. The number of hydrogen-bond donors (Lipinski definition) is 7. The Morgan fingerprint density at radius 1 is 1.27 bits per heavy atom. The van der Waals surface area contributed by atoms with Crippen molar-refractivity contribution in [2.45, 2.75) is 61.6 Å². The zero-order chi connectivity index (χ0) is 26.4. The van der Waals surface area contributed by atoms with Crippen LogP contribution in [0.4, 0.5) is 5.82 Å². The van der Waals surface area contributed by atoms with Crippen LogP contribution in [-0.4, -0.2) is 103 Å². The third-order valence-electron chi connectivity index (χ3n) is 6.57. The van der Waals surface area contributed by atoms with E-state index >= 15 is 0 Å². The molecule has 17 nitrogen and oxygen atoms in total. The van der Waals surface area contributed by atoms with Crippen molar-refractivity contribution in [3.05, 3.63) is 17.3 Å². The molecule has 1 saturated carbocycles. The van der Waals surface area contributed by atoms with Crippen LogP contribution in [0.2, 0.25) is 5.28 Å². The lowest BCUT2D eigenvalue weighted by atomic mass is 10.1. The quantitative estimate of drug-likeness (QED) is 0.122. The van der Waals surface area contributed by atoms with E-state index < -0.39 is 56.5 Å². The van der Waals surface area contributed by atoms with E-state index in [4.69, 9.17) is 21.1 Å². The maximum Gasteiger partial charge on any atom is 0.367 e. The highest BCUT2D eigenvalue weighted by Gasteiger charge is 2.55. The fraction of sp³-hybridized carbons (Fsp3) is 0.667.